The Balaban J connectivity index is 2.49. The van der Waals surface area contributed by atoms with E-state index in [1.165, 1.54) is 0 Å². The highest BCUT2D eigenvalue weighted by Gasteiger charge is 2.65. The van der Waals surface area contributed by atoms with E-state index in [1.807, 2.05) is 0 Å². The van der Waals surface area contributed by atoms with Gasteiger partial charge in [0.15, 0.2) is 0 Å². The van der Waals surface area contributed by atoms with Crippen LogP contribution in [0.1, 0.15) is 48.0 Å². The molecule has 0 radical (unpaired) electrons. The van der Waals surface area contributed by atoms with Gasteiger partial charge in [0.1, 0.15) is 0 Å². The first kappa shape index (κ1) is 15.8. The molecule has 5 heteroatoms. The van der Waals surface area contributed by atoms with Crippen molar-refractivity contribution in [3.63, 3.8) is 0 Å². The van der Waals surface area contributed by atoms with Crippen molar-refractivity contribution < 1.29 is 14.7 Å². The Hall–Kier alpha value is -1.26. The molecule has 0 saturated heterocycles. The monoisotopic (exact) mass is 270 g/mol. The molecule has 19 heavy (non-hydrogen) atoms. The molecule has 3 N–H and O–H groups in total. The van der Waals surface area contributed by atoms with E-state index in [1.54, 1.807) is 13.8 Å². The number of nitrogens with one attached hydrogen (secondary N) is 2. The van der Waals surface area contributed by atoms with Crippen molar-refractivity contribution in [2.45, 2.75) is 54.0 Å². The number of urea groups is 1. The summed E-state index contributed by atoms with van der Waals surface area (Å²) in [6.07, 6.45) is 0.475. The topological polar surface area (TPSA) is 78.4 Å². The van der Waals surface area contributed by atoms with Crippen LogP contribution in [0.25, 0.3) is 0 Å². The summed E-state index contributed by atoms with van der Waals surface area (Å²) in [6, 6.07) is -0.165. The van der Waals surface area contributed by atoms with Gasteiger partial charge in [-0.2, -0.15) is 0 Å². The number of carboxylic acids is 1. The smallest absolute Gasteiger partial charge is 0.315 e. The molecule has 0 aliphatic heterocycles. The van der Waals surface area contributed by atoms with E-state index in [0.717, 1.165) is 0 Å². The first-order valence-electron chi connectivity index (χ1n) is 6.77. The van der Waals surface area contributed by atoms with Gasteiger partial charge in [-0.25, -0.2) is 4.79 Å². The Morgan fingerprint density at radius 1 is 1.21 bits per heavy atom. The van der Waals surface area contributed by atoms with Gasteiger partial charge >= 0.3 is 12.0 Å². The summed E-state index contributed by atoms with van der Waals surface area (Å²) in [7, 11) is 0. The van der Waals surface area contributed by atoms with Crippen LogP contribution < -0.4 is 10.6 Å². The number of carbonyl (C=O) groups is 2. The van der Waals surface area contributed by atoms with E-state index in [2.05, 4.69) is 38.3 Å². The van der Waals surface area contributed by atoms with Gasteiger partial charge in [0.25, 0.3) is 0 Å². The minimum atomic E-state index is -0.911. The highest BCUT2D eigenvalue weighted by Crippen LogP contribution is 2.62. The number of carboxylic acid groups (broad SMARTS) is 1. The lowest BCUT2D eigenvalue weighted by Gasteiger charge is -2.23. The Labute approximate surface area is 115 Å². The molecule has 0 bridgehead atoms. The van der Waals surface area contributed by atoms with Gasteiger partial charge < -0.3 is 15.7 Å². The lowest BCUT2D eigenvalue weighted by molar-refractivity contribution is -0.147. The predicted octanol–water partition coefficient (Wildman–Crippen LogP) is 2.22. The van der Waals surface area contributed by atoms with Gasteiger partial charge in [0, 0.05) is 12.6 Å². The van der Waals surface area contributed by atoms with Gasteiger partial charge in [-0.15, -0.1) is 0 Å². The summed E-state index contributed by atoms with van der Waals surface area (Å²) < 4.78 is 0. The van der Waals surface area contributed by atoms with Gasteiger partial charge in [-0.3, -0.25) is 4.79 Å². The minimum absolute atomic E-state index is 0.0746. The lowest BCUT2D eigenvalue weighted by atomic mass is 9.88. The molecule has 1 rings (SSSR count). The van der Waals surface area contributed by atoms with E-state index in [-0.39, 0.29) is 29.4 Å². The first-order chi connectivity index (χ1) is 8.49. The Bertz CT molecular complexity index is 376. The maximum Gasteiger partial charge on any atom is 0.315 e. The normalized spacial score (nSPS) is 23.3. The van der Waals surface area contributed by atoms with Crippen LogP contribution in [0.5, 0.6) is 0 Å². The highest BCUT2D eigenvalue weighted by atomic mass is 16.4. The van der Waals surface area contributed by atoms with Crippen molar-refractivity contribution in [3.05, 3.63) is 0 Å². The van der Waals surface area contributed by atoms with Crippen LogP contribution in [0, 0.1) is 16.2 Å². The summed E-state index contributed by atoms with van der Waals surface area (Å²) in [5, 5.41) is 14.7. The molecule has 1 aliphatic carbocycles. The molecule has 0 aromatic heterocycles. The van der Waals surface area contributed by atoms with Gasteiger partial charge in [0.2, 0.25) is 0 Å². The minimum Gasteiger partial charge on any atom is -0.481 e. The van der Waals surface area contributed by atoms with E-state index in [4.69, 9.17) is 5.11 Å². The lowest BCUT2D eigenvalue weighted by Crippen LogP contribution is -2.46. The molecular formula is C14H26N2O3. The summed E-state index contributed by atoms with van der Waals surface area (Å²) in [6.45, 7) is 12.0. The zero-order valence-electron chi connectivity index (χ0n) is 12.8. The van der Waals surface area contributed by atoms with Gasteiger partial charge in [-0.1, -0.05) is 34.6 Å². The summed E-state index contributed by atoms with van der Waals surface area (Å²) >= 11 is 0. The molecule has 1 atom stereocenters. The Morgan fingerprint density at radius 2 is 1.68 bits per heavy atom. The second-order valence-electron chi connectivity index (χ2n) is 6.92. The van der Waals surface area contributed by atoms with Crippen LogP contribution in [0.4, 0.5) is 4.79 Å². The molecule has 1 saturated carbocycles. The quantitative estimate of drug-likeness (QED) is 0.716. The van der Waals surface area contributed by atoms with Crippen LogP contribution in [-0.4, -0.2) is 29.7 Å². The Kier molecular flexibility index (Phi) is 3.90. The molecule has 0 aromatic rings. The van der Waals surface area contributed by atoms with Gasteiger partial charge in [0.05, 0.1) is 5.41 Å². The molecule has 0 aromatic carbocycles. The van der Waals surface area contributed by atoms with Crippen molar-refractivity contribution in [1.29, 1.82) is 0 Å². The second kappa shape index (κ2) is 4.69. The van der Waals surface area contributed by atoms with Crippen LogP contribution in [-0.2, 0) is 4.79 Å². The maximum atomic E-state index is 11.8. The third kappa shape index (κ3) is 2.69. The van der Waals surface area contributed by atoms with Crippen molar-refractivity contribution >= 4 is 12.0 Å². The van der Waals surface area contributed by atoms with Crippen molar-refractivity contribution in [3.8, 4) is 0 Å². The second-order valence-corrected chi connectivity index (χ2v) is 6.92. The molecule has 2 amide bonds. The summed E-state index contributed by atoms with van der Waals surface area (Å²) in [5.74, 6) is -0.887. The summed E-state index contributed by atoms with van der Waals surface area (Å²) in [4.78, 5) is 23.0. The number of hydrogen-bond acceptors (Lipinski definition) is 2. The highest BCUT2D eigenvalue weighted by molar-refractivity contribution is 5.78. The number of aliphatic carboxylic acids is 1. The SMILES string of the molecule is CCC(C)(CNC(=O)NC1C(C)(C)C1(C)C)C(=O)O. The molecule has 1 unspecified atom stereocenters. The molecule has 5 nitrogen and oxygen atoms in total. The largest absolute Gasteiger partial charge is 0.481 e. The van der Waals surface area contributed by atoms with Crippen molar-refractivity contribution in [2.24, 2.45) is 16.2 Å². The van der Waals surface area contributed by atoms with Crippen LogP contribution >= 0.6 is 0 Å². The third-order valence-electron chi connectivity index (χ3n) is 5.23. The third-order valence-corrected chi connectivity index (χ3v) is 5.23. The molecule has 1 fully saturated rings. The van der Waals surface area contributed by atoms with E-state index in [0.29, 0.717) is 6.42 Å². The summed E-state index contributed by atoms with van der Waals surface area (Å²) in [5.41, 5.74) is -0.762. The number of carbonyl (C=O) groups excluding carboxylic acids is 1. The average molecular weight is 270 g/mol. The zero-order valence-corrected chi connectivity index (χ0v) is 12.8. The van der Waals surface area contributed by atoms with E-state index >= 15 is 0 Å². The number of amides is 2. The van der Waals surface area contributed by atoms with Crippen LogP contribution in [0.3, 0.4) is 0 Å². The van der Waals surface area contributed by atoms with Crippen molar-refractivity contribution in [2.75, 3.05) is 6.54 Å². The standard InChI is InChI=1S/C14H26N2O3/c1-7-14(6,10(17)18)8-15-11(19)16-9-12(2,3)13(9,4)5/h9H,7-8H2,1-6H3,(H,17,18)(H2,15,16,19). The number of hydrogen-bond donors (Lipinski definition) is 3. The fourth-order valence-electron chi connectivity index (χ4n) is 2.37. The molecule has 0 heterocycles. The average Bonchev–Trinajstić information content (AvgIpc) is 2.68. The predicted molar refractivity (Wildman–Crippen MR) is 73.9 cm³/mol. The van der Waals surface area contributed by atoms with Crippen molar-refractivity contribution in [1.82, 2.24) is 10.6 Å². The van der Waals surface area contributed by atoms with E-state index < -0.39 is 11.4 Å². The van der Waals surface area contributed by atoms with Crippen LogP contribution in [0.15, 0.2) is 0 Å². The fourth-order valence-corrected chi connectivity index (χ4v) is 2.37. The fraction of sp³-hybridized carbons (Fsp3) is 0.857. The van der Waals surface area contributed by atoms with Gasteiger partial charge in [-0.05, 0) is 24.2 Å². The Morgan fingerprint density at radius 3 is 2.00 bits per heavy atom. The molecule has 0 spiro atoms. The van der Waals surface area contributed by atoms with E-state index in [9.17, 15) is 9.59 Å². The van der Waals surface area contributed by atoms with Crippen LogP contribution in [0.2, 0.25) is 0 Å². The maximum absolute atomic E-state index is 11.8. The molecular weight excluding hydrogens is 244 g/mol. The molecule has 110 valence electrons. The first-order valence-corrected chi connectivity index (χ1v) is 6.77. The molecule has 1 aliphatic rings. The zero-order chi connectivity index (χ0) is 15.1. The number of rotatable bonds is 5.